The number of unbranched alkanes of at least 4 members (excludes halogenated alkanes) is 12. The lowest BCUT2D eigenvalue weighted by Gasteiger charge is -2.27. The number of hydrogen-bond donors (Lipinski definition) is 0. The fraction of sp³-hybridized carbons (Fsp3) is 0.926. The van der Waals surface area contributed by atoms with Gasteiger partial charge in [-0.3, -0.25) is 4.79 Å². The van der Waals surface area contributed by atoms with Gasteiger partial charge >= 0.3 is 11.9 Å². The number of methoxy groups -OCH3 is 1. The van der Waals surface area contributed by atoms with Crippen LogP contribution in [0.4, 0.5) is 0 Å². The van der Waals surface area contributed by atoms with E-state index in [1.807, 2.05) is 0 Å². The van der Waals surface area contributed by atoms with Crippen LogP contribution in [0.5, 0.6) is 0 Å². The van der Waals surface area contributed by atoms with Gasteiger partial charge in [0.2, 0.25) is 0 Å². The third-order valence-electron chi connectivity index (χ3n) is 6.09. The first-order chi connectivity index (χ1) is 16.7. The second-order valence-electron chi connectivity index (χ2n) is 9.35. The molecule has 0 aromatic carbocycles. The lowest BCUT2D eigenvalue weighted by atomic mass is 10.0. The summed E-state index contributed by atoms with van der Waals surface area (Å²) in [5, 5.41) is 0. The minimum atomic E-state index is -0.542. The molecule has 0 spiro atoms. The van der Waals surface area contributed by atoms with Crippen LogP contribution < -0.4 is 0 Å². The van der Waals surface area contributed by atoms with Gasteiger partial charge in [-0.15, -0.1) is 0 Å². The highest BCUT2D eigenvalue weighted by Crippen LogP contribution is 2.17. The topological polar surface area (TPSA) is 80.3 Å². The highest BCUT2D eigenvalue weighted by Gasteiger charge is 2.22. The number of carbonyl (C=O) groups is 2. The predicted molar refractivity (Wildman–Crippen MR) is 133 cm³/mol. The van der Waals surface area contributed by atoms with E-state index in [2.05, 4.69) is 6.92 Å². The van der Waals surface area contributed by atoms with Crippen molar-refractivity contribution >= 4 is 11.9 Å². The molecule has 200 valence electrons. The Kier molecular flexibility index (Phi) is 20.2. The zero-order chi connectivity index (χ0) is 24.7. The molecule has 7 nitrogen and oxygen atoms in total. The molecule has 0 aromatic rings. The largest absolute Gasteiger partial charge is 0.463 e. The highest BCUT2D eigenvalue weighted by molar-refractivity contribution is 5.70. The molecular formula is C27H50O7. The van der Waals surface area contributed by atoms with Crippen LogP contribution in [-0.4, -0.2) is 57.9 Å². The summed E-state index contributed by atoms with van der Waals surface area (Å²) in [5.41, 5.74) is 0. The average molecular weight is 487 g/mol. The minimum absolute atomic E-state index is 0.00801. The van der Waals surface area contributed by atoms with E-state index < -0.39 is 12.1 Å². The van der Waals surface area contributed by atoms with E-state index in [1.54, 1.807) is 0 Å². The summed E-state index contributed by atoms with van der Waals surface area (Å²) in [6.07, 6.45) is 18.9. The molecule has 1 saturated heterocycles. The van der Waals surface area contributed by atoms with Crippen molar-refractivity contribution in [2.75, 3.05) is 33.5 Å². The molecule has 7 heteroatoms. The summed E-state index contributed by atoms with van der Waals surface area (Å²) in [4.78, 5) is 23.7. The molecule has 0 aliphatic carbocycles. The lowest BCUT2D eigenvalue weighted by molar-refractivity contribution is -0.210. The summed E-state index contributed by atoms with van der Waals surface area (Å²) < 4.78 is 26.8. The van der Waals surface area contributed by atoms with E-state index in [0.717, 1.165) is 32.1 Å². The molecule has 1 unspecified atom stereocenters. The number of ether oxygens (including phenoxy) is 5. The Morgan fingerprint density at radius 1 is 0.794 bits per heavy atom. The predicted octanol–water partition coefficient (Wildman–Crippen LogP) is 6.11. The summed E-state index contributed by atoms with van der Waals surface area (Å²) in [6.45, 7) is 2.85. The van der Waals surface area contributed by atoms with Crippen LogP contribution >= 0.6 is 0 Å². The third kappa shape index (κ3) is 18.2. The van der Waals surface area contributed by atoms with E-state index in [0.29, 0.717) is 13.0 Å². The van der Waals surface area contributed by atoms with Gasteiger partial charge in [-0.05, 0) is 25.7 Å². The maximum atomic E-state index is 12.1. The van der Waals surface area contributed by atoms with Gasteiger partial charge in [0.05, 0.1) is 0 Å². The maximum absolute atomic E-state index is 12.1. The minimum Gasteiger partial charge on any atom is -0.463 e. The second kappa shape index (κ2) is 22.3. The summed E-state index contributed by atoms with van der Waals surface area (Å²) in [7, 11) is 1.43. The first-order valence-corrected chi connectivity index (χ1v) is 13.7. The number of carbonyl (C=O) groups excluding carboxylic acids is 2. The molecule has 1 heterocycles. The smallest absolute Gasteiger partial charge is 0.332 e. The second-order valence-corrected chi connectivity index (χ2v) is 9.35. The molecule has 2 atom stereocenters. The highest BCUT2D eigenvalue weighted by atomic mass is 16.7. The van der Waals surface area contributed by atoms with E-state index in [-0.39, 0.29) is 32.1 Å². The third-order valence-corrected chi connectivity index (χ3v) is 6.09. The quantitative estimate of drug-likeness (QED) is 0.135. The first kappa shape index (κ1) is 30.9. The van der Waals surface area contributed by atoms with Crippen molar-refractivity contribution in [1.82, 2.24) is 0 Å². The fourth-order valence-electron chi connectivity index (χ4n) is 4.05. The van der Waals surface area contributed by atoms with Crippen LogP contribution in [0.3, 0.4) is 0 Å². The maximum Gasteiger partial charge on any atom is 0.332 e. The van der Waals surface area contributed by atoms with Gasteiger partial charge in [0.1, 0.15) is 25.9 Å². The molecule has 0 N–H and O–H groups in total. The Morgan fingerprint density at radius 2 is 1.35 bits per heavy atom. The van der Waals surface area contributed by atoms with Crippen molar-refractivity contribution in [3.05, 3.63) is 0 Å². The Hall–Kier alpha value is -1.18. The standard InChI is InChI=1S/C27H50O7/c1-3-4-5-6-7-8-9-10-11-12-13-14-15-18-25(28)32-21-24(22-33-26(29)23-30-2)34-27-19-16-17-20-31-27/h24,27H,3-23H2,1-2H3/t24-,27?/m0/s1. The van der Waals surface area contributed by atoms with Crippen molar-refractivity contribution in [3.8, 4) is 0 Å². The van der Waals surface area contributed by atoms with E-state index >= 15 is 0 Å². The summed E-state index contributed by atoms with van der Waals surface area (Å²) in [6, 6.07) is 0. The van der Waals surface area contributed by atoms with Crippen molar-refractivity contribution < 1.29 is 33.3 Å². The van der Waals surface area contributed by atoms with Gasteiger partial charge < -0.3 is 23.7 Å². The van der Waals surface area contributed by atoms with Gasteiger partial charge in [0.15, 0.2) is 6.29 Å². The molecule has 1 fully saturated rings. The number of rotatable bonds is 22. The molecule has 1 aliphatic heterocycles. The van der Waals surface area contributed by atoms with Crippen LogP contribution in [0.25, 0.3) is 0 Å². The molecule has 0 amide bonds. The molecule has 1 rings (SSSR count). The average Bonchev–Trinajstić information content (AvgIpc) is 2.84. The van der Waals surface area contributed by atoms with E-state index in [1.165, 1.54) is 77.7 Å². The number of esters is 2. The Bertz CT molecular complexity index is 491. The van der Waals surface area contributed by atoms with Crippen LogP contribution in [0.15, 0.2) is 0 Å². The van der Waals surface area contributed by atoms with Crippen LogP contribution in [-0.2, 0) is 33.3 Å². The lowest BCUT2D eigenvalue weighted by Crippen LogP contribution is -2.35. The van der Waals surface area contributed by atoms with Gasteiger partial charge in [-0.1, -0.05) is 84.0 Å². The first-order valence-electron chi connectivity index (χ1n) is 13.7. The molecule has 1 aliphatic rings. The molecule has 0 radical (unpaired) electrons. The monoisotopic (exact) mass is 486 g/mol. The van der Waals surface area contributed by atoms with E-state index in [4.69, 9.17) is 23.7 Å². The Morgan fingerprint density at radius 3 is 1.88 bits per heavy atom. The van der Waals surface area contributed by atoms with Gasteiger partial charge in [-0.25, -0.2) is 4.79 Å². The molecule has 0 bridgehead atoms. The van der Waals surface area contributed by atoms with Gasteiger partial charge in [-0.2, -0.15) is 0 Å². The number of hydrogen-bond acceptors (Lipinski definition) is 7. The SMILES string of the molecule is CCCCCCCCCCCCCCCC(=O)OC[C@@H](COC(=O)COC)OC1CCCCO1. The van der Waals surface area contributed by atoms with Crippen LogP contribution in [0.1, 0.15) is 116 Å². The van der Waals surface area contributed by atoms with Crippen molar-refractivity contribution in [1.29, 1.82) is 0 Å². The zero-order valence-electron chi connectivity index (χ0n) is 21.9. The molecular weight excluding hydrogens is 436 g/mol. The Balaban J connectivity index is 2.07. The van der Waals surface area contributed by atoms with Crippen LogP contribution in [0.2, 0.25) is 0 Å². The Labute approximate surface area is 207 Å². The fourth-order valence-corrected chi connectivity index (χ4v) is 4.05. The van der Waals surface area contributed by atoms with Crippen molar-refractivity contribution in [2.24, 2.45) is 0 Å². The summed E-state index contributed by atoms with van der Waals surface area (Å²) in [5.74, 6) is -0.705. The van der Waals surface area contributed by atoms with Crippen molar-refractivity contribution in [3.63, 3.8) is 0 Å². The molecule has 34 heavy (non-hydrogen) atoms. The van der Waals surface area contributed by atoms with Crippen LogP contribution in [0, 0.1) is 0 Å². The van der Waals surface area contributed by atoms with Gasteiger partial charge in [0, 0.05) is 20.1 Å². The molecule has 0 aromatic heterocycles. The molecule has 0 saturated carbocycles. The summed E-state index contributed by atoms with van der Waals surface area (Å²) >= 11 is 0. The van der Waals surface area contributed by atoms with E-state index in [9.17, 15) is 9.59 Å². The normalized spacial score (nSPS) is 16.8. The van der Waals surface area contributed by atoms with Gasteiger partial charge in [0.25, 0.3) is 0 Å². The van der Waals surface area contributed by atoms with Crippen molar-refractivity contribution in [2.45, 2.75) is 128 Å². The zero-order valence-corrected chi connectivity index (χ0v) is 21.9.